The highest BCUT2D eigenvalue weighted by Gasteiger charge is 2.07. The van der Waals surface area contributed by atoms with Crippen molar-refractivity contribution in [2.24, 2.45) is 16.7 Å². The average Bonchev–Trinajstić information content (AvgIpc) is 2.70. The Morgan fingerprint density at radius 2 is 1.85 bits per heavy atom. The Hall–Kier alpha value is -3.81. The van der Waals surface area contributed by atoms with Crippen LogP contribution in [0, 0.1) is 0 Å². The largest absolute Gasteiger partial charge is 0.508 e. The van der Waals surface area contributed by atoms with Crippen LogP contribution in [0.2, 0.25) is 0 Å². The van der Waals surface area contributed by atoms with Gasteiger partial charge in [0.05, 0.1) is 0 Å². The first-order valence-corrected chi connectivity index (χ1v) is 8.32. The van der Waals surface area contributed by atoms with E-state index in [9.17, 15) is 9.90 Å². The van der Waals surface area contributed by atoms with Crippen molar-refractivity contribution < 1.29 is 5.11 Å². The quantitative estimate of drug-likeness (QED) is 0.173. The van der Waals surface area contributed by atoms with E-state index in [1.54, 1.807) is 24.5 Å². The first-order valence-electron chi connectivity index (χ1n) is 8.32. The Morgan fingerprint density at radius 1 is 1.15 bits per heavy atom. The van der Waals surface area contributed by atoms with Gasteiger partial charge in [-0.2, -0.15) is 5.10 Å². The Morgan fingerprint density at radius 3 is 2.52 bits per heavy atom. The molecule has 27 heavy (non-hydrogen) atoms. The molecule has 138 valence electrons. The molecule has 0 saturated carbocycles. The lowest BCUT2D eigenvalue weighted by Gasteiger charge is -2.10. The average molecular weight is 364 g/mol. The minimum atomic E-state index is -0.280. The maximum Gasteiger partial charge on any atom is 0.298 e. The van der Waals surface area contributed by atoms with Crippen LogP contribution in [0.5, 0.6) is 5.75 Å². The fourth-order valence-corrected chi connectivity index (χ4v) is 2.54. The monoisotopic (exact) mass is 364 g/mol. The molecule has 0 amide bonds. The zero-order valence-corrected chi connectivity index (χ0v) is 14.5. The summed E-state index contributed by atoms with van der Waals surface area (Å²) in [6, 6.07) is 14.0. The number of nitrogens with zero attached hydrogens (tertiary/aromatic N) is 3. The van der Waals surface area contributed by atoms with Crippen molar-refractivity contribution >= 4 is 17.3 Å². The van der Waals surface area contributed by atoms with Crippen LogP contribution in [0.15, 0.2) is 70.8 Å². The van der Waals surface area contributed by atoms with Crippen molar-refractivity contribution in [1.29, 1.82) is 0 Å². The van der Waals surface area contributed by atoms with Gasteiger partial charge in [-0.05, 0) is 48.4 Å². The molecule has 3 rings (SSSR count). The van der Waals surface area contributed by atoms with Crippen molar-refractivity contribution in [3.05, 3.63) is 76.8 Å². The number of hydrogen-bond acceptors (Lipinski definition) is 6. The highest BCUT2D eigenvalue weighted by Crippen LogP contribution is 2.16. The predicted molar refractivity (Wildman–Crippen MR) is 105 cm³/mol. The molecule has 6 N–H and O–H groups in total. The second kappa shape index (κ2) is 8.05. The fraction of sp³-hybridized carbons (Fsp3) is 0.105. The minimum Gasteiger partial charge on any atom is -0.508 e. The molecule has 8 heteroatoms. The summed E-state index contributed by atoms with van der Waals surface area (Å²) in [4.78, 5) is 16.8. The van der Waals surface area contributed by atoms with E-state index < -0.39 is 0 Å². The second-order valence-corrected chi connectivity index (χ2v) is 5.91. The molecule has 0 bridgehead atoms. The van der Waals surface area contributed by atoms with Crippen molar-refractivity contribution in [1.82, 2.24) is 9.55 Å². The third-order valence-corrected chi connectivity index (χ3v) is 4.02. The van der Waals surface area contributed by atoms with Gasteiger partial charge in [-0.1, -0.05) is 12.1 Å². The number of nitrogens with two attached hydrogens (primary N) is 2. The highest BCUT2D eigenvalue weighted by atomic mass is 16.3. The molecular formula is C19H20N6O2. The number of hydrogen-bond donors (Lipinski definition) is 4. The lowest BCUT2D eigenvalue weighted by molar-refractivity contribution is 0.475. The third kappa shape index (κ3) is 4.43. The number of rotatable bonds is 6. The number of anilines is 2. The lowest BCUT2D eigenvalue weighted by Crippen LogP contribution is -2.21. The Kier molecular flexibility index (Phi) is 5.36. The van der Waals surface area contributed by atoms with E-state index in [0.717, 1.165) is 11.3 Å². The van der Waals surface area contributed by atoms with Crippen molar-refractivity contribution in [3.8, 4) is 11.4 Å². The Labute approximate surface area is 155 Å². The summed E-state index contributed by atoms with van der Waals surface area (Å²) in [5, 5.41) is 15.8. The molecule has 8 nitrogen and oxygen atoms in total. The lowest BCUT2D eigenvalue weighted by atomic mass is 10.1. The van der Waals surface area contributed by atoms with Gasteiger partial charge < -0.3 is 22.0 Å². The molecule has 2 aromatic carbocycles. The summed E-state index contributed by atoms with van der Waals surface area (Å²) in [7, 11) is 0. The van der Waals surface area contributed by atoms with Crippen LogP contribution in [-0.4, -0.2) is 20.5 Å². The van der Waals surface area contributed by atoms with Gasteiger partial charge in [-0.15, -0.1) is 0 Å². The van der Waals surface area contributed by atoms with E-state index in [1.807, 2.05) is 24.3 Å². The summed E-state index contributed by atoms with van der Waals surface area (Å²) in [6.07, 6.45) is 4.45. The third-order valence-electron chi connectivity index (χ3n) is 4.02. The number of amidine groups is 1. The number of benzene rings is 2. The molecule has 0 radical (unpaired) electrons. The molecule has 3 aromatic rings. The van der Waals surface area contributed by atoms with E-state index in [1.165, 1.54) is 16.7 Å². The molecule has 0 aliphatic heterocycles. The zero-order valence-electron chi connectivity index (χ0n) is 14.5. The molecule has 0 saturated heterocycles. The number of aromatic nitrogens is 2. The van der Waals surface area contributed by atoms with Gasteiger partial charge in [0.1, 0.15) is 11.6 Å². The number of phenolic OH excluding ortho intramolecular Hbond substituents is 1. The summed E-state index contributed by atoms with van der Waals surface area (Å²) in [6.45, 7) is 0. The standard InChI is InChI=1S/C19H20N6O2/c20-17(24-21)10-3-13-1-6-15(7-2-13)25-12-11-22-18(19(25)27)23-14-4-8-16(26)9-5-14/h1-2,4-9,11-12,26H,3,10,21H2,(H2,20,24)(H,22,23). The van der Waals surface area contributed by atoms with Gasteiger partial charge in [0.25, 0.3) is 5.56 Å². The Bertz CT molecular complexity index is 994. The summed E-state index contributed by atoms with van der Waals surface area (Å²) < 4.78 is 1.51. The predicted octanol–water partition coefficient (Wildman–Crippen LogP) is 1.85. The highest BCUT2D eigenvalue weighted by molar-refractivity contribution is 5.80. The zero-order chi connectivity index (χ0) is 19.2. The van der Waals surface area contributed by atoms with Crippen molar-refractivity contribution in [2.45, 2.75) is 12.8 Å². The van der Waals surface area contributed by atoms with E-state index >= 15 is 0 Å². The molecule has 1 aromatic heterocycles. The van der Waals surface area contributed by atoms with Crippen LogP contribution in [-0.2, 0) is 6.42 Å². The van der Waals surface area contributed by atoms with Gasteiger partial charge in [-0.3, -0.25) is 9.36 Å². The molecule has 0 spiro atoms. The van der Waals surface area contributed by atoms with Gasteiger partial charge in [0, 0.05) is 30.2 Å². The van der Waals surface area contributed by atoms with Crippen LogP contribution >= 0.6 is 0 Å². The molecule has 1 heterocycles. The summed E-state index contributed by atoms with van der Waals surface area (Å²) >= 11 is 0. The SMILES string of the molecule is N/N=C(\N)CCc1ccc(-n2ccnc(Nc3ccc(O)cc3)c2=O)cc1. The fourth-order valence-electron chi connectivity index (χ4n) is 2.54. The molecule has 0 atom stereocenters. The van der Waals surface area contributed by atoms with Gasteiger partial charge in [-0.25, -0.2) is 4.98 Å². The normalized spacial score (nSPS) is 11.3. The summed E-state index contributed by atoms with van der Waals surface area (Å²) in [5.74, 6) is 5.87. The Balaban J connectivity index is 1.80. The molecule has 0 fully saturated rings. The van der Waals surface area contributed by atoms with Crippen molar-refractivity contribution in [3.63, 3.8) is 0 Å². The molecule has 0 unspecified atom stereocenters. The number of aromatic hydroxyl groups is 1. The van der Waals surface area contributed by atoms with Crippen LogP contribution in [0.1, 0.15) is 12.0 Å². The van der Waals surface area contributed by atoms with Crippen LogP contribution in [0.3, 0.4) is 0 Å². The van der Waals surface area contributed by atoms with E-state index in [4.69, 9.17) is 11.6 Å². The maximum absolute atomic E-state index is 12.7. The smallest absolute Gasteiger partial charge is 0.298 e. The minimum absolute atomic E-state index is 0.151. The van der Waals surface area contributed by atoms with Gasteiger partial charge in [0.15, 0.2) is 5.82 Å². The molecule has 0 aliphatic rings. The molecule has 0 aliphatic carbocycles. The van der Waals surface area contributed by atoms with Gasteiger partial charge in [0.2, 0.25) is 0 Å². The van der Waals surface area contributed by atoms with E-state index in [0.29, 0.717) is 24.4 Å². The number of aryl methyl sites for hydroxylation is 1. The van der Waals surface area contributed by atoms with Crippen LogP contribution < -0.4 is 22.5 Å². The number of hydrazone groups is 1. The van der Waals surface area contributed by atoms with Crippen LogP contribution in [0.4, 0.5) is 11.5 Å². The van der Waals surface area contributed by atoms with E-state index in [2.05, 4.69) is 15.4 Å². The molecular weight excluding hydrogens is 344 g/mol. The van der Waals surface area contributed by atoms with E-state index in [-0.39, 0.29) is 17.1 Å². The van der Waals surface area contributed by atoms with Crippen LogP contribution in [0.25, 0.3) is 5.69 Å². The topological polar surface area (TPSA) is 132 Å². The van der Waals surface area contributed by atoms with Gasteiger partial charge >= 0.3 is 0 Å². The van der Waals surface area contributed by atoms with Crippen molar-refractivity contribution in [2.75, 3.05) is 5.32 Å². The number of phenols is 1. The number of nitrogens with one attached hydrogen (secondary N) is 1. The summed E-state index contributed by atoms with van der Waals surface area (Å²) in [5.41, 5.74) is 7.77. The maximum atomic E-state index is 12.7. The first-order chi connectivity index (χ1) is 13.1. The second-order valence-electron chi connectivity index (χ2n) is 5.91. The first kappa shape index (κ1) is 18.0.